The zero-order chi connectivity index (χ0) is 19.9. The van der Waals surface area contributed by atoms with Crippen molar-refractivity contribution in [2.75, 3.05) is 6.54 Å². The quantitative estimate of drug-likeness (QED) is 0.751. The van der Waals surface area contributed by atoms with Crippen LogP contribution in [0.15, 0.2) is 35.1 Å². The number of likely N-dealkylation sites (tertiary alicyclic amines) is 1. The maximum absolute atomic E-state index is 13.1. The molecule has 1 atom stereocenters. The Kier molecular flexibility index (Phi) is 4.49. The molecule has 1 aliphatic heterocycles. The van der Waals surface area contributed by atoms with Gasteiger partial charge in [0, 0.05) is 23.6 Å². The Hall–Kier alpha value is -3.03. The molecular weight excluding hydrogens is 356 g/mol. The fourth-order valence-corrected chi connectivity index (χ4v) is 3.61. The van der Waals surface area contributed by atoms with Crippen molar-refractivity contribution in [1.82, 2.24) is 30.1 Å². The number of hydrogen-bond donors (Lipinski definition) is 1. The Balaban J connectivity index is 1.58. The first-order chi connectivity index (χ1) is 13.3. The lowest BCUT2D eigenvalue weighted by Gasteiger charge is -2.26. The summed E-state index contributed by atoms with van der Waals surface area (Å²) >= 11 is 0. The number of benzene rings is 1. The molecule has 28 heavy (non-hydrogen) atoms. The van der Waals surface area contributed by atoms with Gasteiger partial charge in [-0.2, -0.15) is 20.5 Å². The molecule has 1 aliphatic rings. The molecule has 0 saturated carbocycles. The fraction of sp³-hybridized carbons (Fsp3) is 0.450. The number of amides is 1. The largest absolute Gasteiger partial charge is 0.334 e. The average Bonchev–Trinajstić information content (AvgIpc) is 3.30. The summed E-state index contributed by atoms with van der Waals surface area (Å²) in [7, 11) is 0. The molecule has 3 aromatic rings. The number of aromatic nitrogens is 5. The topological polar surface area (TPSA) is 96.8 Å². The summed E-state index contributed by atoms with van der Waals surface area (Å²) in [6.45, 7) is 7.27. The normalized spacial score (nSPS) is 17.4. The molecule has 0 spiro atoms. The first kappa shape index (κ1) is 18.3. The van der Waals surface area contributed by atoms with Gasteiger partial charge in [-0.15, -0.1) is 0 Å². The lowest BCUT2D eigenvalue weighted by atomic mass is 9.92. The van der Waals surface area contributed by atoms with E-state index in [-0.39, 0.29) is 22.9 Å². The Bertz CT molecular complexity index is 1080. The molecule has 1 fully saturated rings. The van der Waals surface area contributed by atoms with Gasteiger partial charge < -0.3 is 4.90 Å². The van der Waals surface area contributed by atoms with Gasteiger partial charge in [0.05, 0.1) is 18.3 Å². The van der Waals surface area contributed by atoms with Crippen molar-refractivity contribution in [2.45, 2.75) is 51.6 Å². The van der Waals surface area contributed by atoms with Crippen molar-refractivity contribution in [3.63, 3.8) is 0 Å². The van der Waals surface area contributed by atoms with Crippen molar-refractivity contribution in [3.05, 3.63) is 51.9 Å². The first-order valence-electron chi connectivity index (χ1n) is 9.53. The molecule has 4 rings (SSSR count). The highest BCUT2D eigenvalue weighted by Gasteiger charge is 2.30. The van der Waals surface area contributed by atoms with Crippen LogP contribution in [0.5, 0.6) is 0 Å². The minimum atomic E-state index is -0.145. The molecule has 3 heterocycles. The van der Waals surface area contributed by atoms with Gasteiger partial charge in [0.2, 0.25) is 0 Å². The SMILES string of the molecule is CC(C)(C)c1ccc(=O)n(CC2CCCN2C(=O)c2ccc3n[nH]nc3c2)n1. The molecule has 2 aromatic heterocycles. The number of aromatic amines is 1. The van der Waals surface area contributed by atoms with E-state index in [1.165, 1.54) is 4.68 Å². The minimum Gasteiger partial charge on any atom is -0.334 e. The summed E-state index contributed by atoms with van der Waals surface area (Å²) in [5.74, 6) is -0.0487. The van der Waals surface area contributed by atoms with Gasteiger partial charge in [-0.25, -0.2) is 4.68 Å². The maximum Gasteiger partial charge on any atom is 0.266 e. The van der Waals surface area contributed by atoms with E-state index < -0.39 is 0 Å². The summed E-state index contributed by atoms with van der Waals surface area (Å²) in [4.78, 5) is 27.3. The van der Waals surface area contributed by atoms with Crippen LogP contribution in [0, 0.1) is 0 Å². The summed E-state index contributed by atoms with van der Waals surface area (Å²) in [5.41, 5.74) is 2.54. The van der Waals surface area contributed by atoms with Crippen LogP contribution in [-0.2, 0) is 12.0 Å². The Morgan fingerprint density at radius 2 is 1.96 bits per heavy atom. The molecule has 146 valence electrons. The van der Waals surface area contributed by atoms with E-state index in [0.29, 0.717) is 24.2 Å². The maximum atomic E-state index is 13.1. The van der Waals surface area contributed by atoms with Crippen LogP contribution in [-0.4, -0.2) is 48.6 Å². The summed E-state index contributed by atoms with van der Waals surface area (Å²) < 4.78 is 1.50. The van der Waals surface area contributed by atoms with E-state index in [2.05, 4.69) is 41.3 Å². The molecule has 1 unspecified atom stereocenters. The standard InChI is InChI=1S/C20H24N6O2/c1-20(2,3)17-8-9-18(27)26(23-17)12-14-5-4-10-25(14)19(28)13-6-7-15-16(11-13)22-24-21-15/h6-9,11,14H,4-5,10,12H2,1-3H3,(H,21,22,24). The van der Waals surface area contributed by atoms with E-state index in [4.69, 9.17) is 0 Å². The van der Waals surface area contributed by atoms with Gasteiger partial charge >= 0.3 is 0 Å². The number of carbonyl (C=O) groups excluding carboxylic acids is 1. The van der Waals surface area contributed by atoms with Gasteiger partial charge in [-0.1, -0.05) is 20.8 Å². The smallest absolute Gasteiger partial charge is 0.266 e. The molecular formula is C20H24N6O2. The van der Waals surface area contributed by atoms with Crippen LogP contribution in [0.2, 0.25) is 0 Å². The second-order valence-corrected chi connectivity index (χ2v) is 8.31. The second kappa shape index (κ2) is 6.85. The van der Waals surface area contributed by atoms with E-state index in [9.17, 15) is 9.59 Å². The van der Waals surface area contributed by atoms with Gasteiger partial charge in [0.1, 0.15) is 11.0 Å². The van der Waals surface area contributed by atoms with Gasteiger partial charge in [-0.3, -0.25) is 9.59 Å². The van der Waals surface area contributed by atoms with E-state index in [1.54, 1.807) is 30.3 Å². The van der Waals surface area contributed by atoms with Crippen LogP contribution in [0.4, 0.5) is 0 Å². The van der Waals surface area contributed by atoms with Crippen molar-refractivity contribution in [2.24, 2.45) is 0 Å². The van der Waals surface area contributed by atoms with Crippen LogP contribution < -0.4 is 5.56 Å². The highest BCUT2D eigenvalue weighted by molar-refractivity contribution is 5.97. The molecule has 8 heteroatoms. The van der Waals surface area contributed by atoms with E-state index in [1.807, 2.05) is 4.90 Å². The summed E-state index contributed by atoms with van der Waals surface area (Å²) in [5, 5.41) is 15.2. The fourth-order valence-electron chi connectivity index (χ4n) is 3.61. The van der Waals surface area contributed by atoms with Gasteiger partial charge in [0.15, 0.2) is 0 Å². The number of nitrogens with one attached hydrogen (secondary N) is 1. The zero-order valence-corrected chi connectivity index (χ0v) is 16.3. The minimum absolute atomic E-state index is 0.0487. The molecule has 1 amide bonds. The Morgan fingerprint density at radius 1 is 1.18 bits per heavy atom. The molecule has 0 aliphatic carbocycles. The second-order valence-electron chi connectivity index (χ2n) is 8.31. The van der Waals surface area contributed by atoms with Crippen molar-refractivity contribution in [3.8, 4) is 0 Å². The number of H-pyrrole nitrogens is 1. The highest BCUT2D eigenvalue weighted by atomic mass is 16.2. The summed E-state index contributed by atoms with van der Waals surface area (Å²) in [6.07, 6.45) is 1.77. The Morgan fingerprint density at radius 3 is 2.75 bits per heavy atom. The van der Waals surface area contributed by atoms with Gasteiger partial charge in [0.25, 0.3) is 11.5 Å². The predicted molar refractivity (Wildman–Crippen MR) is 105 cm³/mol. The van der Waals surface area contributed by atoms with E-state index in [0.717, 1.165) is 24.1 Å². The molecule has 1 aromatic carbocycles. The third-order valence-electron chi connectivity index (χ3n) is 5.22. The monoisotopic (exact) mass is 380 g/mol. The zero-order valence-electron chi connectivity index (χ0n) is 16.3. The highest BCUT2D eigenvalue weighted by Crippen LogP contribution is 2.23. The van der Waals surface area contributed by atoms with Crippen molar-refractivity contribution in [1.29, 1.82) is 0 Å². The predicted octanol–water partition coefficient (Wildman–Crippen LogP) is 2.12. The first-order valence-corrected chi connectivity index (χ1v) is 9.53. The molecule has 1 N–H and O–H groups in total. The molecule has 0 bridgehead atoms. The van der Waals surface area contributed by atoms with Crippen LogP contribution in [0.1, 0.15) is 49.7 Å². The number of nitrogens with zero attached hydrogens (tertiary/aromatic N) is 5. The number of rotatable bonds is 3. The van der Waals surface area contributed by atoms with Gasteiger partial charge in [-0.05, 0) is 37.1 Å². The third kappa shape index (κ3) is 3.42. The summed E-state index contributed by atoms with van der Waals surface area (Å²) in [6, 6.07) is 8.60. The molecule has 1 saturated heterocycles. The third-order valence-corrected chi connectivity index (χ3v) is 5.22. The lowest BCUT2D eigenvalue weighted by Crippen LogP contribution is -2.41. The average molecular weight is 380 g/mol. The number of fused-ring (bicyclic) bond motifs is 1. The Labute approximate surface area is 162 Å². The van der Waals surface area contributed by atoms with E-state index >= 15 is 0 Å². The van der Waals surface area contributed by atoms with Crippen LogP contribution >= 0.6 is 0 Å². The van der Waals surface area contributed by atoms with Crippen LogP contribution in [0.25, 0.3) is 11.0 Å². The van der Waals surface area contributed by atoms with Crippen molar-refractivity contribution < 1.29 is 4.79 Å². The van der Waals surface area contributed by atoms with Crippen molar-refractivity contribution >= 4 is 16.9 Å². The van der Waals surface area contributed by atoms with Crippen LogP contribution in [0.3, 0.4) is 0 Å². The lowest BCUT2D eigenvalue weighted by molar-refractivity contribution is 0.0720. The number of hydrogen-bond acceptors (Lipinski definition) is 5. The molecule has 0 radical (unpaired) electrons. The number of carbonyl (C=O) groups is 1. The molecule has 8 nitrogen and oxygen atoms in total.